The van der Waals surface area contributed by atoms with E-state index in [2.05, 4.69) is 17.3 Å². The van der Waals surface area contributed by atoms with E-state index in [0.717, 1.165) is 13.0 Å². The summed E-state index contributed by atoms with van der Waals surface area (Å²) in [6.07, 6.45) is 2.31. The lowest BCUT2D eigenvalue weighted by atomic mass is 10.2. The molecular formula is C9H15N3O. The van der Waals surface area contributed by atoms with Gasteiger partial charge in [0.2, 0.25) is 5.91 Å². The van der Waals surface area contributed by atoms with Crippen LogP contribution in [0.25, 0.3) is 0 Å². The molecule has 4 heteroatoms. The van der Waals surface area contributed by atoms with Crippen molar-refractivity contribution in [3.8, 4) is 6.07 Å². The van der Waals surface area contributed by atoms with Gasteiger partial charge in [-0.15, -0.1) is 0 Å². The van der Waals surface area contributed by atoms with Gasteiger partial charge in [-0.1, -0.05) is 0 Å². The van der Waals surface area contributed by atoms with Gasteiger partial charge < -0.3 is 10.2 Å². The first-order chi connectivity index (χ1) is 6.24. The second-order valence-electron chi connectivity index (χ2n) is 3.42. The van der Waals surface area contributed by atoms with Crippen LogP contribution in [0.4, 0.5) is 0 Å². The van der Waals surface area contributed by atoms with Gasteiger partial charge >= 0.3 is 0 Å². The molecular weight excluding hydrogens is 166 g/mol. The number of likely N-dealkylation sites (N-methyl/N-ethyl adjacent to an activating group) is 1. The number of amides is 1. The first kappa shape index (κ1) is 10.0. The third kappa shape index (κ3) is 3.03. The summed E-state index contributed by atoms with van der Waals surface area (Å²) in [6.45, 7) is 1.79. The largest absolute Gasteiger partial charge is 0.354 e. The highest BCUT2D eigenvalue weighted by molar-refractivity contribution is 5.77. The van der Waals surface area contributed by atoms with Gasteiger partial charge in [0, 0.05) is 12.6 Å². The zero-order valence-corrected chi connectivity index (χ0v) is 7.92. The molecule has 1 N–H and O–H groups in total. The van der Waals surface area contributed by atoms with Crippen LogP contribution < -0.4 is 5.32 Å². The molecule has 0 saturated carbocycles. The van der Waals surface area contributed by atoms with Crippen LogP contribution in [0.15, 0.2) is 0 Å². The average Bonchev–Trinajstić information content (AvgIpc) is 2.48. The van der Waals surface area contributed by atoms with Gasteiger partial charge in [-0.2, -0.15) is 5.26 Å². The number of hydrogen-bond acceptors (Lipinski definition) is 3. The predicted molar refractivity (Wildman–Crippen MR) is 48.9 cm³/mol. The minimum atomic E-state index is -0.164. The molecule has 0 radical (unpaired) electrons. The second-order valence-corrected chi connectivity index (χ2v) is 3.42. The molecule has 1 saturated heterocycles. The van der Waals surface area contributed by atoms with E-state index in [-0.39, 0.29) is 12.3 Å². The van der Waals surface area contributed by atoms with Crippen molar-refractivity contribution >= 4 is 5.91 Å². The standard InChI is InChI=1S/C9H15N3O/c1-12-6-2-3-8(12)7-11-9(13)4-5-10/h8H,2-4,6-7H2,1H3,(H,11,13). The normalized spacial score (nSPS) is 22.6. The molecule has 0 bridgehead atoms. The highest BCUT2D eigenvalue weighted by Crippen LogP contribution is 2.13. The SMILES string of the molecule is CN1CCCC1CNC(=O)CC#N. The minimum absolute atomic E-state index is 0.0313. The van der Waals surface area contributed by atoms with E-state index >= 15 is 0 Å². The molecule has 1 atom stereocenters. The first-order valence-electron chi connectivity index (χ1n) is 4.58. The Balaban J connectivity index is 2.19. The third-order valence-electron chi connectivity index (χ3n) is 2.45. The molecule has 0 aromatic carbocycles. The van der Waals surface area contributed by atoms with Crippen molar-refractivity contribution in [3.05, 3.63) is 0 Å². The monoisotopic (exact) mass is 181 g/mol. The number of carbonyl (C=O) groups is 1. The molecule has 0 spiro atoms. The number of rotatable bonds is 3. The van der Waals surface area contributed by atoms with Crippen LogP contribution in [0.3, 0.4) is 0 Å². The van der Waals surface area contributed by atoms with E-state index < -0.39 is 0 Å². The summed E-state index contributed by atoms with van der Waals surface area (Å²) in [6, 6.07) is 2.29. The van der Waals surface area contributed by atoms with Crippen molar-refractivity contribution in [1.82, 2.24) is 10.2 Å². The molecule has 1 aliphatic rings. The molecule has 0 aliphatic carbocycles. The Bertz CT molecular complexity index is 221. The molecule has 4 nitrogen and oxygen atoms in total. The summed E-state index contributed by atoms with van der Waals surface area (Å²) in [4.78, 5) is 13.2. The molecule has 1 amide bonds. The van der Waals surface area contributed by atoms with Gasteiger partial charge in [-0.25, -0.2) is 0 Å². The lowest BCUT2D eigenvalue weighted by Gasteiger charge is -2.19. The summed E-state index contributed by atoms with van der Waals surface area (Å²) < 4.78 is 0. The van der Waals surface area contributed by atoms with Crippen LogP contribution in [0.5, 0.6) is 0 Å². The molecule has 1 fully saturated rings. The van der Waals surface area contributed by atoms with Crippen molar-refractivity contribution in [2.75, 3.05) is 20.1 Å². The fourth-order valence-electron chi connectivity index (χ4n) is 1.60. The number of carbonyl (C=O) groups excluding carboxylic acids is 1. The average molecular weight is 181 g/mol. The smallest absolute Gasteiger partial charge is 0.234 e. The molecule has 1 unspecified atom stereocenters. The molecule has 0 aromatic rings. The minimum Gasteiger partial charge on any atom is -0.354 e. The number of likely N-dealkylation sites (tertiary alicyclic amines) is 1. The maximum Gasteiger partial charge on any atom is 0.234 e. The zero-order chi connectivity index (χ0) is 9.68. The number of nitriles is 1. The molecule has 1 heterocycles. The molecule has 1 aliphatic heterocycles. The fraction of sp³-hybridized carbons (Fsp3) is 0.778. The van der Waals surface area contributed by atoms with E-state index in [1.165, 1.54) is 6.42 Å². The predicted octanol–water partition coefficient (Wildman–Crippen LogP) is 0.110. The summed E-state index contributed by atoms with van der Waals surface area (Å²) in [7, 11) is 2.06. The van der Waals surface area contributed by atoms with Gasteiger partial charge in [-0.05, 0) is 26.4 Å². The number of hydrogen-bond donors (Lipinski definition) is 1. The Morgan fingerprint density at radius 3 is 3.08 bits per heavy atom. The van der Waals surface area contributed by atoms with Crippen molar-refractivity contribution < 1.29 is 4.79 Å². The number of nitrogens with zero attached hydrogens (tertiary/aromatic N) is 2. The molecule has 1 rings (SSSR count). The second kappa shape index (κ2) is 4.83. The molecule has 13 heavy (non-hydrogen) atoms. The quantitative estimate of drug-likeness (QED) is 0.672. The Morgan fingerprint density at radius 1 is 1.77 bits per heavy atom. The lowest BCUT2D eigenvalue weighted by Crippen LogP contribution is -2.38. The van der Waals surface area contributed by atoms with E-state index in [0.29, 0.717) is 12.6 Å². The van der Waals surface area contributed by atoms with Gasteiger partial charge in [0.15, 0.2) is 0 Å². The van der Waals surface area contributed by atoms with Gasteiger partial charge in [0.25, 0.3) is 0 Å². The Kier molecular flexibility index (Phi) is 3.71. The maximum absolute atomic E-state index is 11.0. The van der Waals surface area contributed by atoms with Gasteiger partial charge in [0.05, 0.1) is 6.07 Å². The Hall–Kier alpha value is -1.08. The highest BCUT2D eigenvalue weighted by atomic mass is 16.1. The van der Waals surface area contributed by atoms with Crippen molar-refractivity contribution in [3.63, 3.8) is 0 Å². The summed E-state index contributed by atoms with van der Waals surface area (Å²) in [5.41, 5.74) is 0. The summed E-state index contributed by atoms with van der Waals surface area (Å²) in [5.74, 6) is -0.164. The van der Waals surface area contributed by atoms with Crippen LogP contribution in [-0.4, -0.2) is 37.0 Å². The maximum atomic E-state index is 11.0. The van der Waals surface area contributed by atoms with Gasteiger partial charge in [-0.3, -0.25) is 4.79 Å². The zero-order valence-electron chi connectivity index (χ0n) is 7.92. The van der Waals surface area contributed by atoms with Crippen molar-refractivity contribution in [2.45, 2.75) is 25.3 Å². The molecule has 0 aromatic heterocycles. The van der Waals surface area contributed by atoms with Crippen LogP contribution in [-0.2, 0) is 4.79 Å². The van der Waals surface area contributed by atoms with E-state index in [1.807, 2.05) is 6.07 Å². The fourth-order valence-corrected chi connectivity index (χ4v) is 1.60. The number of nitrogens with one attached hydrogen (secondary N) is 1. The van der Waals surface area contributed by atoms with Crippen LogP contribution >= 0.6 is 0 Å². The van der Waals surface area contributed by atoms with Crippen LogP contribution in [0.2, 0.25) is 0 Å². The van der Waals surface area contributed by atoms with Crippen LogP contribution in [0.1, 0.15) is 19.3 Å². The van der Waals surface area contributed by atoms with Crippen molar-refractivity contribution in [1.29, 1.82) is 5.26 Å². The molecule has 72 valence electrons. The third-order valence-corrected chi connectivity index (χ3v) is 2.45. The van der Waals surface area contributed by atoms with E-state index in [4.69, 9.17) is 5.26 Å². The Morgan fingerprint density at radius 2 is 2.54 bits per heavy atom. The topological polar surface area (TPSA) is 56.1 Å². The first-order valence-corrected chi connectivity index (χ1v) is 4.58. The lowest BCUT2D eigenvalue weighted by molar-refractivity contribution is -0.120. The van der Waals surface area contributed by atoms with Gasteiger partial charge in [0.1, 0.15) is 6.42 Å². The summed E-state index contributed by atoms with van der Waals surface area (Å²) >= 11 is 0. The highest BCUT2D eigenvalue weighted by Gasteiger charge is 2.20. The summed E-state index contributed by atoms with van der Waals surface area (Å²) in [5, 5.41) is 11.0. The van der Waals surface area contributed by atoms with E-state index in [1.54, 1.807) is 0 Å². The van der Waals surface area contributed by atoms with E-state index in [9.17, 15) is 4.79 Å². The van der Waals surface area contributed by atoms with Crippen LogP contribution in [0, 0.1) is 11.3 Å². The van der Waals surface area contributed by atoms with Crippen molar-refractivity contribution in [2.24, 2.45) is 0 Å². The Labute approximate surface area is 78.5 Å².